The van der Waals surface area contributed by atoms with Crippen molar-refractivity contribution in [1.82, 2.24) is 14.5 Å². The Balaban J connectivity index is 1.80. The number of benzene rings is 1. The van der Waals surface area contributed by atoms with Gasteiger partial charge < -0.3 is 14.6 Å². The third-order valence-electron chi connectivity index (χ3n) is 7.05. The molecule has 1 aromatic carbocycles. The highest BCUT2D eigenvalue weighted by molar-refractivity contribution is 5.65. The Labute approximate surface area is 179 Å². The van der Waals surface area contributed by atoms with Crippen LogP contribution in [0.5, 0.6) is 5.75 Å². The summed E-state index contributed by atoms with van der Waals surface area (Å²) >= 11 is 0. The van der Waals surface area contributed by atoms with Crippen LogP contribution in [0.3, 0.4) is 0 Å². The normalized spacial score (nSPS) is 18.1. The molecule has 1 N–H and O–H groups in total. The Morgan fingerprint density at radius 1 is 1.23 bits per heavy atom. The van der Waals surface area contributed by atoms with Crippen LogP contribution in [-0.2, 0) is 24.8 Å². The molecule has 0 radical (unpaired) electrons. The molecule has 30 heavy (non-hydrogen) atoms. The monoisotopic (exact) mass is 407 g/mol. The predicted octanol–water partition coefficient (Wildman–Crippen LogP) is 4.26. The Morgan fingerprint density at radius 3 is 2.63 bits per heavy atom. The van der Waals surface area contributed by atoms with Crippen molar-refractivity contribution < 1.29 is 5.11 Å². The van der Waals surface area contributed by atoms with E-state index in [-0.39, 0.29) is 17.2 Å². The second-order valence-electron chi connectivity index (χ2n) is 9.13. The van der Waals surface area contributed by atoms with Crippen LogP contribution < -0.4 is 5.56 Å². The molecule has 0 saturated heterocycles. The first-order valence-corrected chi connectivity index (χ1v) is 11.2. The number of aromatic nitrogens is 2. The van der Waals surface area contributed by atoms with Crippen molar-refractivity contribution in [3.8, 4) is 5.75 Å². The summed E-state index contributed by atoms with van der Waals surface area (Å²) in [5.41, 5.74) is 3.41. The molecule has 0 spiro atoms. The molecule has 160 valence electrons. The van der Waals surface area contributed by atoms with Crippen LogP contribution in [0.4, 0.5) is 0 Å². The molecule has 1 aliphatic heterocycles. The molecule has 1 saturated carbocycles. The van der Waals surface area contributed by atoms with Crippen molar-refractivity contribution in [3.05, 3.63) is 63.8 Å². The van der Waals surface area contributed by atoms with Crippen LogP contribution in [-0.4, -0.2) is 32.1 Å². The van der Waals surface area contributed by atoms with E-state index in [1.807, 2.05) is 4.57 Å². The van der Waals surface area contributed by atoms with Crippen molar-refractivity contribution in [2.24, 2.45) is 0 Å². The van der Waals surface area contributed by atoms with E-state index in [2.05, 4.69) is 61.5 Å². The molecule has 5 heteroatoms. The van der Waals surface area contributed by atoms with Crippen molar-refractivity contribution in [2.75, 3.05) is 6.54 Å². The van der Waals surface area contributed by atoms with E-state index in [1.165, 1.54) is 24.0 Å². The molecule has 4 rings (SSSR count). The highest BCUT2D eigenvalue weighted by atomic mass is 16.3. The minimum absolute atomic E-state index is 0.00111. The fourth-order valence-electron chi connectivity index (χ4n) is 5.35. The summed E-state index contributed by atoms with van der Waals surface area (Å²) < 4.78 is 2.04. The van der Waals surface area contributed by atoms with Gasteiger partial charge in [0.25, 0.3) is 0 Å². The zero-order chi connectivity index (χ0) is 21.5. The zero-order valence-corrected chi connectivity index (χ0v) is 18.4. The first-order valence-electron chi connectivity index (χ1n) is 11.2. The van der Waals surface area contributed by atoms with Gasteiger partial charge in [-0.1, -0.05) is 50.6 Å². The highest BCUT2D eigenvalue weighted by Gasteiger charge is 2.38. The number of nitrogens with zero attached hydrogens (tertiary/aromatic N) is 3. The molecule has 2 aromatic rings. The zero-order valence-electron chi connectivity index (χ0n) is 18.4. The summed E-state index contributed by atoms with van der Waals surface area (Å²) in [4.78, 5) is 19.1. The predicted molar refractivity (Wildman–Crippen MR) is 121 cm³/mol. The van der Waals surface area contributed by atoms with Gasteiger partial charge in [0.05, 0.1) is 5.70 Å². The second-order valence-corrected chi connectivity index (χ2v) is 9.13. The molecular weight excluding hydrogens is 374 g/mol. The maximum Gasteiger partial charge on any atom is 0.315 e. The molecule has 5 nitrogen and oxygen atoms in total. The van der Waals surface area contributed by atoms with Gasteiger partial charge in [-0.05, 0) is 44.2 Å². The van der Waals surface area contributed by atoms with Gasteiger partial charge in [0.1, 0.15) is 11.5 Å². The van der Waals surface area contributed by atoms with E-state index in [0.29, 0.717) is 17.9 Å². The lowest BCUT2D eigenvalue weighted by atomic mass is 9.75. The van der Waals surface area contributed by atoms with E-state index in [9.17, 15) is 9.90 Å². The quantitative estimate of drug-likeness (QED) is 0.805. The van der Waals surface area contributed by atoms with E-state index in [0.717, 1.165) is 38.1 Å². The van der Waals surface area contributed by atoms with E-state index in [4.69, 9.17) is 0 Å². The first-order chi connectivity index (χ1) is 14.4. The largest absolute Gasteiger partial charge is 0.501 e. The van der Waals surface area contributed by atoms with Crippen LogP contribution in [0.1, 0.15) is 69.1 Å². The number of rotatable bonds is 5. The van der Waals surface area contributed by atoms with E-state index in [1.54, 1.807) is 0 Å². The molecule has 1 fully saturated rings. The average molecular weight is 408 g/mol. The Kier molecular flexibility index (Phi) is 5.48. The minimum Gasteiger partial charge on any atom is -0.501 e. The van der Waals surface area contributed by atoms with Gasteiger partial charge in [0, 0.05) is 31.0 Å². The van der Waals surface area contributed by atoms with Gasteiger partial charge in [-0.3, -0.25) is 4.79 Å². The summed E-state index contributed by atoms with van der Waals surface area (Å²) in [5.74, 6) is 0.503. The number of hydrogen-bond acceptors (Lipinski definition) is 4. The summed E-state index contributed by atoms with van der Waals surface area (Å²) in [5, 5.41) is 10.6. The number of aromatic hydroxyl groups is 1. The van der Waals surface area contributed by atoms with Gasteiger partial charge in [0.15, 0.2) is 0 Å². The maximum absolute atomic E-state index is 12.6. The number of aryl methyl sites for hydroxylation is 1. The standard InChI is InChI=1S/C25H33N3O2/c1-5-19-9-8-10-20(15-19)25(11-6-7-12-25)16-21-26-24(30)23(29)22-18(4)27(17(2)3)13-14-28(21)22/h8-10,15,17,29H,4-7,11-14,16H2,1-3H3. The molecule has 0 bridgehead atoms. The van der Waals surface area contributed by atoms with Gasteiger partial charge in [-0.25, -0.2) is 0 Å². The lowest BCUT2D eigenvalue weighted by molar-refractivity contribution is 0.282. The minimum atomic E-state index is -0.543. The molecule has 2 heterocycles. The smallest absolute Gasteiger partial charge is 0.315 e. The second kappa shape index (κ2) is 7.93. The van der Waals surface area contributed by atoms with Crippen molar-refractivity contribution in [3.63, 3.8) is 0 Å². The topological polar surface area (TPSA) is 58.4 Å². The molecule has 1 aromatic heterocycles. The molecule has 0 amide bonds. The third kappa shape index (κ3) is 3.44. The lowest BCUT2D eigenvalue weighted by Gasteiger charge is -2.38. The summed E-state index contributed by atoms with van der Waals surface area (Å²) in [7, 11) is 0. The van der Waals surface area contributed by atoms with Crippen molar-refractivity contribution in [1.29, 1.82) is 0 Å². The van der Waals surface area contributed by atoms with Crippen molar-refractivity contribution in [2.45, 2.75) is 77.3 Å². The van der Waals surface area contributed by atoms with Crippen molar-refractivity contribution >= 4 is 5.70 Å². The molecular formula is C25H33N3O2. The molecule has 0 atom stereocenters. The fraction of sp³-hybridized carbons (Fsp3) is 0.520. The Bertz CT molecular complexity index is 1020. The Morgan fingerprint density at radius 2 is 1.97 bits per heavy atom. The average Bonchev–Trinajstić information content (AvgIpc) is 3.21. The third-order valence-corrected chi connectivity index (χ3v) is 7.05. The summed E-state index contributed by atoms with van der Waals surface area (Å²) in [6.07, 6.45) is 6.33. The van der Waals surface area contributed by atoms with Gasteiger partial charge in [-0.15, -0.1) is 0 Å². The van der Waals surface area contributed by atoms with Crippen LogP contribution in [0.2, 0.25) is 0 Å². The SMILES string of the molecule is C=C1c2c(O)c(=O)nc(CC3(c4cccc(CC)c4)CCCC3)n2CCN1C(C)C. The number of hydrogen-bond donors (Lipinski definition) is 1. The van der Waals surface area contributed by atoms with Gasteiger partial charge >= 0.3 is 5.56 Å². The van der Waals surface area contributed by atoms with E-state index >= 15 is 0 Å². The van der Waals surface area contributed by atoms with Gasteiger partial charge in [-0.2, -0.15) is 4.98 Å². The fourth-order valence-corrected chi connectivity index (χ4v) is 5.35. The van der Waals surface area contributed by atoms with Crippen LogP contribution in [0.15, 0.2) is 35.6 Å². The van der Waals surface area contributed by atoms with Crippen LogP contribution in [0.25, 0.3) is 5.70 Å². The molecule has 0 unspecified atom stereocenters. The van der Waals surface area contributed by atoms with Crippen LogP contribution >= 0.6 is 0 Å². The maximum atomic E-state index is 12.6. The Hall–Kier alpha value is -2.56. The lowest BCUT2D eigenvalue weighted by Crippen LogP contribution is -2.40. The number of fused-ring (bicyclic) bond motifs is 1. The first kappa shape index (κ1) is 20.7. The van der Waals surface area contributed by atoms with Gasteiger partial charge in [0.2, 0.25) is 5.75 Å². The summed E-state index contributed by atoms with van der Waals surface area (Å²) in [6.45, 7) is 12.1. The molecule has 2 aliphatic rings. The summed E-state index contributed by atoms with van der Waals surface area (Å²) in [6, 6.07) is 9.17. The van der Waals surface area contributed by atoms with E-state index < -0.39 is 5.56 Å². The van der Waals surface area contributed by atoms with Crippen LogP contribution in [0, 0.1) is 0 Å². The highest BCUT2D eigenvalue weighted by Crippen LogP contribution is 2.44. The molecule has 1 aliphatic carbocycles.